The number of hydrogen-bond donors (Lipinski definition) is 3. The van der Waals surface area contributed by atoms with Crippen LogP contribution in [0.2, 0.25) is 0 Å². The minimum Gasteiger partial charge on any atom is -1.00 e. The molecule has 0 saturated heterocycles. The maximum atomic E-state index is 9.72. The molecule has 9 heteroatoms. The van der Waals surface area contributed by atoms with Gasteiger partial charge >= 0.3 is 122 Å². The maximum absolute atomic E-state index is 9.72. The second-order valence-corrected chi connectivity index (χ2v) is 1.45. The Hall–Kier alpha value is 3.06. The molecule has 13 heavy (non-hydrogen) atoms. The number of aliphatic carboxylic acids is 2. The van der Waals surface area contributed by atoms with Crippen LogP contribution in [-0.4, -0.2) is 33.4 Å². The maximum Gasteiger partial charge on any atom is 1.00 e. The molecule has 3 N–H and O–H groups in total. The predicted octanol–water partition coefficient (Wildman–Crippen LogP) is -9.75. The van der Waals surface area contributed by atoms with Crippen molar-refractivity contribution in [3.63, 3.8) is 0 Å². The van der Waals surface area contributed by atoms with Gasteiger partial charge in [-0.25, -0.2) is 4.79 Å². The minimum atomic E-state index is -1.79. The van der Waals surface area contributed by atoms with E-state index < -0.39 is 24.5 Å². The van der Waals surface area contributed by atoms with Crippen LogP contribution in [0, 0.1) is 0 Å². The second kappa shape index (κ2) is 17.5. The summed E-state index contributed by atoms with van der Waals surface area (Å²) in [7, 11) is 0. The number of carbonyl (C=O) groups is 2. The predicted molar refractivity (Wildman–Crippen MR) is 29.2 cm³/mol. The van der Waals surface area contributed by atoms with Crippen molar-refractivity contribution in [1.82, 2.24) is 0 Å². The molecule has 0 amide bonds. The van der Waals surface area contributed by atoms with Gasteiger partial charge in [-0.05, 0) is 0 Å². The van der Waals surface area contributed by atoms with Crippen molar-refractivity contribution in [3.8, 4) is 0 Å². The average Bonchev–Trinajstić information content (AvgIpc) is 1.63. The Bertz CT molecular complexity index is 158. The van der Waals surface area contributed by atoms with E-state index >= 15 is 0 Å². The quantitative estimate of drug-likeness (QED) is 0.445. The monoisotopic (exact) mass is 277 g/mol. The summed E-state index contributed by atoms with van der Waals surface area (Å²) in [6, 6.07) is 0. The fourth-order valence-electron chi connectivity index (χ4n) is 0.253. The summed E-state index contributed by atoms with van der Waals surface area (Å²) in [6.45, 7) is 0. The largest absolute Gasteiger partial charge is 1.00 e. The molecule has 0 bridgehead atoms. The van der Waals surface area contributed by atoms with Crippen LogP contribution in [0.1, 0.15) is 10.7 Å². The van der Waals surface area contributed by atoms with Gasteiger partial charge < -0.3 is 19.6 Å². The van der Waals surface area contributed by atoms with Gasteiger partial charge in [0.1, 0.15) is 0 Å². The van der Waals surface area contributed by atoms with Gasteiger partial charge in [-0.3, -0.25) is 4.79 Å². The number of aliphatic hydroxyl groups is 1. The first-order valence-corrected chi connectivity index (χ1v) is 2.16. The fraction of sp³-hybridized carbons (Fsp3) is 0.500. The molecule has 0 aliphatic heterocycles. The van der Waals surface area contributed by atoms with Gasteiger partial charge in [-0.1, -0.05) is 0 Å². The Kier molecular flexibility index (Phi) is 40.0. The number of carboxylic acid groups (broad SMARTS) is 2. The first-order chi connectivity index (χ1) is 4.04. The molecule has 0 aromatic heterocycles. The molecule has 1 atom stereocenters. The van der Waals surface area contributed by atoms with Crippen LogP contribution in [0.25, 0.3) is 0 Å². The number of aliphatic hydroxyl groups excluding tert-OH is 1. The van der Waals surface area contributed by atoms with Gasteiger partial charge in [-0.15, -0.1) is 0 Å². The molecule has 1 unspecified atom stereocenters. The minimum absolute atomic E-state index is 0. The number of carboxylic acids is 2. The van der Waals surface area contributed by atoms with E-state index in [1.54, 1.807) is 0 Å². The molecule has 0 fully saturated rings. The third-order valence-corrected chi connectivity index (χ3v) is 0.653. The molecular formula is C4H9KMnNa2O5. The zero-order valence-corrected chi connectivity index (χ0v) is 16.1. The molecule has 0 spiro atoms. The third kappa shape index (κ3) is 21.0. The second-order valence-electron chi connectivity index (χ2n) is 1.45. The first-order valence-electron chi connectivity index (χ1n) is 2.16. The van der Waals surface area contributed by atoms with Crippen molar-refractivity contribution in [2.24, 2.45) is 0 Å². The summed E-state index contributed by atoms with van der Waals surface area (Å²) in [5, 5.41) is 24.1. The van der Waals surface area contributed by atoms with E-state index in [2.05, 4.69) is 0 Å². The van der Waals surface area contributed by atoms with Crippen LogP contribution in [0.3, 0.4) is 0 Å². The molecule has 0 saturated carbocycles. The van der Waals surface area contributed by atoms with Crippen LogP contribution in [0.5, 0.6) is 0 Å². The molecule has 5 nitrogen and oxygen atoms in total. The Balaban J connectivity index is -0.0000000152. The fourth-order valence-corrected chi connectivity index (χ4v) is 0.253. The molecular weight excluding hydrogens is 268 g/mol. The van der Waals surface area contributed by atoms with Crippen molar-refractivity contribution in [2.45, 2.75) is 12.5 Å². The van der Waals surface area contributed by atoms with Crippen LogP contribution < -0.4 is 110 Å². The van der Waals surface area contributed by atoms with Gasteiger partial charge in [0.25, 0.3) is 0 Å². The van der Waals surface area contributed by atoms with Crippen LogP contribution in [0.15, 0.2) is 0 Å². The third-order valence-electron chi connectivity index (χ3n) is 0.653. The molecule has 0 aromatic rings. The topological polar surface area (TPSA) is 94.8 Å². The van der Waals surface area contributed by atoms with E-state index in [1.807, 2.05) is 0 Å². The van der Waals surface area contributed by atoms with E-state index in [-0.39, 0.29) is 132 Å². The molecule has 0 aliphatic carbocycles. The summed E-state index contributed by atoms with van der Waals surface area (Å²) < 4.78 is 0. The van der Waals surface area contributed by atoms with E-state index in [1.165, 1.54) is 0 Å². The molecule has 0 aliphatic rings. The van der Waals surface area contributed by atoms with Crippen LogP contribution in [0.4, 0.5) is 0 Å². The van der Waals surface area contributed by atoms with E-state index in [4.69, 9.17) is 15.3 Å². The van der Waals surface area contributed by atoms with Crippen molar-refractivity contribution in [1.29, 1.82) is 0 Å². The van der Waals surface area contributed by atoms with Crippen molar-refractivity contribution >= 4 is 11.9 Å². The number of rotatable bonds is 3. The van der Waals surface area contributed by atoms with Gasteiger partial charge in [0.05, 0.1) is 6.42 Å². The summed E-state index contributed by atoms with van der Waals surface area (Å²) in [5.74, 6) is -2.85. The van der Waals surface area contributed by atoms with E-state index in [9.17, 15) is 9.59 Å². The summed E-state index contributed by atoms with van der Waals surface area (Å²) in [6.07, 6.45) is -2.54. The molecule has 65 valence electrons. The molecule has 0 heterocycles. The van der Waals surface area contributed by atoms with Crippen molar-refractivity contribution < 1.29 is 157 Å². The van der Waals surface area contributed by atoms with Crippen LogP contribution >= 0.6 is 0 Å². The molecule has 1 radical (unpaired) electrons. The first kappa shape index (κ1) is 29.8. The Morgan fingerprint density at radius 3 is 1.62 bits per heavy atom. The van der Waals surface area contributed by atoms with E-state index in [0.29, 0.717) is 0 Å². The summed E-state index contributed by atoms with van der Waals surface area (Å²) in [5.41, 5.74) is 0. The summed E-state index contributed by atoms with van der Waals surface area (Å²) >= 11 is 0. The normalized spacial score (nSPS) is 8.69. The van der Waals surface area contributed by atoms with Crippen molar-refractivity contribution in [2.75, 3.05) is 0 Å². The molecule has 0 aromatic carbocycles. The zero-order chi connectivity index (χ0) is 7.44. The summed E-state index contributed by atoms with van der Waals surface area (Å²) in [4.78, 5) is 19.4. The smallest absolute Gasteiger partial charge is 1.00 e. The Morgan fingerprint density at radius 1 is 1.23 bits per heavy atom. The van der Waals surface area contributed by atoms with Crippen molar-refractivity contribution in [3.05, 3.63) is 0 Å². The zero-order valence-electron chi connectivity index (χ0n) is 10.8. The van der Waals surface area contributed by atoms with Gasteiger partial charge in [-0.2, -0.15) is 0 Å². The standard InChI is InChI=1S/C4H6O5.K.Mn.2Na.3H/c5-2(4(8)9)1-3(6)7;;;;;;;/h2,5H,1H2,(H,6,7)(H,8,9);;;;;;;/q;+1;;2*+1;3*-1. The van der Waals surface area contributed by atoms with Gasteiger partial charge in [0.15, 0.2) is 6.10 Å². The Labute approximate surface area is 177 Å². The average molecular weight is 277 g/mol. The SMILES string of the molecule is O=C(O)CC(O)C(=O)O.[H-].[H-].[H-].[K+].[Mn].[Na+].[Na+]. The number of hydrogen-bond acceptors (Lipinski definition) is 3. The van der Waals surface area contributed by atoms with Gasteiger partial charge in [0.2, 0.25) is 0 Å². The van der Waals surface area contributed by atoms with Crippen LogP contribution in [-0.2, 0) is 26.7 Å². The van der Waals surface area contributed by atoms with E-state index in [0.717, 1.165) is 0 Å². The molecule has 0 rings (SSSR count). The van der Waals surface area contributed by atoms with Gasteiger partial charge in [0, 0.05) is 17.1 Å². The Morgan fingerprint density at radius 2 is 1.54 bits per heavy atom.